The van der Waals surface area contributed by atoms with Crippen LogP contribution in [0.1, 0.15) is 29.8 Å². The van der Waals surface area contributed by atoms with E-state index < -0.39 is 12.3 Å². The lowest BCUT2D eigenvalue weighted by molar-refractivity contribution is -0.122. The van der Waals surface area contributed by atoms with Crippen LogP contribution in [0.4, 0.5) is 14.5 Å². The Morgan fingerprint density at radius 2 is 2.23 bits per heavy atom. The summed E-state index contributed by atoms with van der Waals surface area (Å²) < 4.78 is 30.1. The third-order valence-corrected chi connectivity index (χ3v) is 5.05. The molecule has 1 atom stereocenters. The van der Waals surface area contributed by atoms with E-state index in [2.05, 4.69) is 20.2 Å². The zero-order valence-corrected chi connectivity index (χ0v) is 14.4. The second-order valence-corrected chi connectivity index (χ2v) is 7.01. The average Bonchev–Trinajstić information content (AvgIpc) is 3.28. The maximum Gasteiger partial charge on any atom is 0.314 e. The Bertz CT molecular complexity index is 958. The van der Waals surface area contributed by atoms with E-state index in [1.165, 1.54) is 17.5 Å². The molecule has 0 bridgehead atoms. The molecule has 0 unspecified atom stereocenters. The van der Waals surface area contributed by atoms with Gasteiger partial charge in [-0.15, -0.1) is 21.5 Å². The van der Waals surface area contributed by atoms with Crippen molar-refractivity contribution in [3.8, 4) is 10.8 Å². The fourth-order valence-electron chi connectivity index (χ4n) is 2.84. The third-order valence-electron chi connectivity index (χ3n) is 4.08. The van der Waals surface area contributed by atoms with E-state index in [0.29, 0.717) is 16.3 Å². The van der Waals surface area contributed by atoms with Crippen LogP contribution < -0.4 is 4.90 Å². The number of thiazole rings is 1. The van der Waals surface area contributed by atoms with E-state index in [9.17, 15) is 13.6 Å². The topological polar surface area (TPSA) is 85.0 Å². The Morgan fingerprint density at radius 3 is 3.00 bits per heavy atom. The van der Waals surface area contributed by atoms with Crippen LogP contribution in [0.25, 0.3) is 10.8 Å². The minimum absolute atomic E-state index is 0.0000249. The largest absolute Gasteiger partial charge is 0.414 e. The summed E-state index contributed by atoms with van der Waals surface area (Å²) in [5.74, 6) is -0.867. The molecule has 4 rings (SSSR count). The van der Waals surface area contributed by atoms with Crippen molar-refractivity contribution in [2.45, 2.75) is 26.3 Å². The molecule has 0 spiro atoms. The first kappa shape index (κ1) is 16.7. The normalized spacial score (nSPS) is 17.0. The van der Waals surface area contributed by atoms with Gasteiger partial charge in [-0.05, 0) is 18.1 Å². The van der Waals surface area contributed by atoms with Gasteiger partial charge in [0.15, 0.2) is 0 Å². The van der Waals surface area contributed by atoms with Crippen LogP contribution in [0.2, 0.25) is 0 Å². The average molecular weight is 377 g/mol. The zero-order chi connectivity index (χ0) is 18.3. The van der Waals surface area contributed by atoms with Crippen LogP contribution in [0, 0.1) is 5.92 Å². The number of alkyl halides is 2. The maximum absolute atomic E-state index is 12.6. The van der Waals surface area contributed by atoms with Crippen molar-refractivity contribution < 1.29 is 18.0 Å². The maximum atomic E-state index is 12.6. The molecule has 0 aromatic carbocycles. The van der Waals surface area contributed by atoms with Crippen LogP contribution in [0.5, 0.6) is 0 Å². The number of anilines is 1. The van der Waals surface area contributed by atoms with Crippen LogP contribution in [0.15, 0.2) is 29.1 Å². The summed E-state index contributed by atoms with van der Waals surface area (Å²) in [6.07, 6.45) is 2.71. The third kappa shape index (κ3) is 2.96. The van der Waals surface area contributed by atoms with E-state index in [0.717, 1.165) is 11.3 Å². The second-order valence-electron chi connectivity index (χ2n) is 5.90. The molecule has 0 radical (unpaired) electrons. The molecule has 134 valence electrons. The van der Waals surface area contributed by atoms with Gasteiger partial charge in [0.05, 0.1) is 24.6 Å². The van der Waals surface area contributed by atoms with Crippen molar-refractivity contribution in [1.82, 2.24) is 20.2 Å². The monoisotopic (exact) mass is 377 g/mol. The van der Waals surface area contributed by atoms with Crippen molar-refractivity contribution in [1.29, 1.82) is 0 Å². The predicted molar refractivity (Wildman–Crippen MR) is 88.7 cm³/mol. The van der Waals surface area contributed by atoms with Gasteiger partial charge < -0.3 is 9.32 Å². The number of hydrogen-bond donors (Lipinski definition) is 0. The molecule has 0 saturated heterocycles. The van der Waals surface area contributed by atoms with Crippen LogP contribution in [0.3, 0.4) is 0 Å². The summed E-state index contributed by atoms with van der Waals surface area (Å²) in [6.45, 7) is 2.15. The van der Waals surface area contributed by atoms with E-state index in [1.54, 1.807) is 17.3 Å². The lowest BCUT2D eigenvalue weighted by Crippen LogP contribution is -2.39. The lowest BCUT2D eigenvalue weighted by Gasteiger charge is -2.31. The number of aromatic nitrogens is 4. The highest BCUT2D eigenvalue weighted by atomic mass is 32.1. The predicted octanol–water partition coefficient (Wildman–Crippen LogP) is 3.25. The van der Waals surface area contributed by atoms with Crippen molar-refractivity contribution in [2.75, 3.05) is 4.90 Å². The summed E-state index contributed by atoms with van der Waals surface area (Å²) in [4.78, 5) is 23.1. The number of amides is 1. The molecule has 26 heavy (non-hydrogen) atoms. The fourth-order valence-corrected chi connectivity index (χ4v) is 3.66. The number of halogens is 2. The zero-order valence-electron chi connectivity index (χ0n) is 13.6. The van der Waals surface area contributed by atoms with Crippen LogP contribution in [-0.4, -0.2) is 26.1 Å². The number of carbonyl (C=O) groups is 1. The molecule has 7 nitrogen and oxygen atoms in total. The SMILES string of the molecule is C[C@@H]1Cc2ccncc2N(Cc2ncc(-c3nnc(C(F)F)o3)s2)C1=O. The van der Waals surface area contributed by atoms with Gasteiger partial charge in [-0.3, -0.25) is 9.78 Å². The molecule has 1 aliphatic heterocycles. The number of nitrogens with zero attached hydrogens (tertiary/aromatic N) is 5. The number of fused-ring (bicyclic) bond motifs is 1. The first-order chi connectivity index (χ1) is 12.5. The van der Waals surface area contributed by atoms with Crippen molar-refractivity contribution >= 4 is 22.9 Å². The van der Waals surface area contributed by atoms with Gasteiger partial charge in [-0.2, -0.15) is 8.78 Å². The van der Waals surface area contributed by atoms with Crippen LogP contribution >= 0.6 is 11.3 Å². The van der Waals surface area contributed by atoms with E-state index in [-0.39, 0.29) is 24.3 Å². The highest BCUT2D eigenvalue weighted by molar-refractivity contribution is 7.15. The van der Waals surface area contributed by atoms with Gasteiger partial charge in [0, 0.05) is 12.1 Å². The molecule has 4 heterocycles. The lowest BCUT2D eigenvalue weighted by atomic mass is 9.94. The van der Waals surface area contributed by atoms with Gasteiger partial charge >= 0.3 is 6.43 Å². The molecule has 0 aliphatic carbocycles. The number of pyridine rings is 1. The molecule has 0 saturated carbocycles. The molecular formula is C16H13F2N5O2S. The molecule has 10 heteroatoms. The van der Waals surface area contributed by atoms with Gasteiger partial charge in [-0.1, -0.05) is 6.92 Å². The molecule has 0 N–H and O–H groups in total. The molecule has 1 amide bonds. The summed E-state index contributed by atoms with van der Waals surface area (Å²) in [5, 5.41) is 7.56. The number of rotatable bonds is 4. The van der Waals surface area contributed by atoms with Gasteiger partial charge in [0.1, 0.15) is 9.88 Å². The Balaban J connectivity index is 1.60. The minimum Gasteiger partial charge on any atom is -0.414 e. The number of carbonyl (C=O) groups excluding carboxylic acids is 1. The first-order valence-electron chi connectivity index (χ1n) is 7.84. The summed E-state index contributed by atoms with van der Waals surface area (Å²) in [6, 6.07) is 1.91. The highest BCUT2D eigenvalue weighted by Crippen LogP contribution is 2.33. The molecular weight excluding hydrogens is 364 g/mol. The van der Waals surface area contributed by atoms with Crippen LogP contribution in [-0.2, 0) is 17.8 Å². The summed E-state index contributed by atoms with van der Waals surface area (Å²) >= 11 is 1.22. The highest BCUT2D eigenvalue weighted by Gasteiger charge is 2.31. The van der Waals surface area contributed by atoms with Crippen molar-refractivity contribution in [3.63, 3.8) is 0 Å². The number of hydrogen-bond acceptors (Lipinski definition) is 7. The van der Waals surface area contributed by atoms with Gasteiger partial charge in [-0.25, -0.2) is 4.98 Å². The molecule has 0 fully saturated rings. The Morgan fingerprint density at radius 1 is 1.38 bits per heavy atom. The summed E-state index contributed by atoms with van der Waals surface area (Å²) in [7, 11) is 0. The van der Waals surface area contributed by atoms with E-state index >= 15 is 0 Å². The van der Waals surface area contributed by atoms with Gasteiger partial charge in [0.2, 0.25) is 5.91 Å². The smallest absolute Gasteiger partial charge is 0.314 e. The Labute approximate surface area is 150 Å². The fraction of sp³-hybridized carbons (Fsp3) is 0.312. The molecule has 3 aromatic rings. The molecule has 1 aliphatic rings. The van der Waals surface area contributed by atoms with Crippen molar-refractivity contribution in [3.05, 3.63) is 41.1 Å². The standard InChI is InChI=1S/C16H13F2N5O2S/c1-8-4-9-2-3-19-5-10(9)23(16(8)24)7-12-20-6-11(26-12)14-21-22-15(25-14)13(17)18/h2-3,5-6,8,13H,4,7H2,1H3/t8-/m1/s1. The summed E-state index contributed by atoms with van der Waals surface area (Å²) in [5.41, 5.74) is 1.83. The van der Waals surface area contributed by atoms with Crippen molar-refractivity contribution in [2.24, 2.45) is 5.92 Å². The van der Waals surface area contributed by atoms with E-state index in [1.807, 2.05) is 13.0 Å². The molecule has 3 aromatic heterocycles. The van der Waals surface area contributed by atoms with E-state index in [4.69, 9.17) is 4.42 Å². The van der Waals surface area contributed by atoms with Gasteiger partial charge in [0.25, 0.3) is 11.8 Å². The first-order valence-corrected chi connectivity index (χ1v) is 8.65. The Kier molecular flexibility index (Phi) is 4.19. The minimum atomic E-state index is -2.82. The second kappa shape index (κ2) is 6.52. The quantitative estimate of drug-likeness (QED) is 0.694. The Hall–Kier alpha value is -2.75.